The summed E-state index contributed by atoms with van der Waals surface area (Å²) in [5, 5.41) is 14.0. The van der Waals surface area contributed by atoms with Gasteiger partial charge >= 0.3 is 0 Å². The Kier molecular flexibility index (Phi) is 7.35. The second kappa shape index (κ2) is 10.6. The number of nitrogens with zero attached hydrogens (tertiary/aromatic N) is 1. The third-order valence-electron chi connectivity index (χ3n) is 5.63. The number of aliphatic hydroxyl groups excluding tert-OH is 1. The van der Waals surface area contributed by atoms with Crippen LogP contribution >= 0.6 is 0 Å². The Morgan fingerprint density at radius 1 is 1.06 bits per heavy atom. The molecule has 1 saturated heterocycles. The van der Waals surface area contributed by atoms with Crippen LogP contribution < -0.4 is 15.5 Å². The molecule has 2 N–H and O–H groups in total. The van der Waals surface area contributed by atoms with Gasteiger partial charge in [-0.15, -0.1) is 0 Å². The van der Waals surface area contributed by atoms with Crippen molar-refractivity contribution in [3.8, 4) is 17.1 Å². The molecule has 1 aliphatic heterocycles. The summed E-state index contributed by atoms with van der Waals surface area (Å²) >= 11 is 0. The van der Waals surface area contributed by atoms with E-state index in [1.807, 2.05) is 30.3 Å². The molecule has 0 aliphatic carbocycles. The van der Waals surface area contributed by atoms with Gasteiger partial charge < -0.3 is 24.5 Å². The number of nitrogens with one attached hydrogen (secondary N) is 1. The first-order valence-corrected chi connectivity index (χ1v) is 11.1. The van der Waals surface area contributed by atoms with Gasteiger partial charge in [0, 0.05) is 37.3 Å². The number of hydrogen-bond donors (Lipinski definition) is 2. The van der Waals surface area contributed by atoms with Crippen LogP contribution in [0.5, 0.6) is 5.75 Å². The van der Waals surface area contributed by atoms with Gasteiger partial charge in [-0.05, 0) is 38.1 Å². The molecule has 1 atom stereocenters. The number of benzene rings is 2. The molecule has 1 aromatic heterocycles. The quantitative estimate of drug-likeness (QED) is 0.516. The highest BCUT2D eigenvalue weighted by Crippen LogP contribution is 2.24. The third-order valence-corrected chi connectivity index (χ3v) is 5.63. The normalized spacial score (nSPS) is 15.8. The van der Waals surface area contributed by atoms with E-state index in [0.29, 0.717) is 29.0 Å². The topological polar surface area (TPSA) is 74.9 Å². The second-order valence-electron chi connectivity index (χ2n) is 8.07. The maximum absolute atomic E-state index is 12.5. The fourth-order valence-corrected chi connectivity index (χ4v) is 3.91. The fraction of sp³-hybridized carbons (Fsp3) is 0.400. The fourth-order valence-electron chi connectivity index (χ4n) is 3.91. The minimum atomic E-state index is -0.611. The molecule has 31 heavy (non-hydrogen) atoms. The van der Waals surface area contributed by atoms with Crippen LogP contribution in [0, 0.1) is 0 Å². The van der Waals surface area contributed by atoms with Gasteiger partial charge in [0.05, 0.1) is 5.39 Å². The van der Waals surface area contributed by atoms with Crippen molar-refractivity contribution < 1.29 is 14.3 Å². The molecule has 0 amide bonds. The average molecular weight is 423 g/mol. The van der Waals surface area contributed by atoms with Gasteiger partial charge in [0.2, 0.25) is 0 Å². The smallest absolute Gasteiger partial charge is 0.193 e. The summed E-state index contributed by atoms with van der Waals surface area (Å²) in [6.45, 7) is 4.88. The molecule has 1 aliphatic rings. The van der Waals surface area contributed by atoms with Crippen LogP contribution in [0.4, 0.5) is 0 Å². The van der Waals surface area contributed by atoms with E-state index >= 15 is 0 Å². The number of likely N-dealkylation sites (tertiary alicyclic amines) is 1. The molecule has 0 bridgehead atoms. The molecule has 0 saturated carbocycles. The van der Waals surface area contributed by atoms with E-state index < -0.39 is 6.10 Å². The van der Waals surface area contributed by atoms with Crippen LogP contribution in [0.25, 0.3) is 22.3 Å². The minimum Gasteiger partial charge on any atom is -0.491 e. The number of hydrogen-bond acceptors (Lipinski definition) is 6. The molecule has 0 radical (unpaired) electrons. The zero-order valence-electron chi connectivity index (χ0n) is 17.8. The molecule has 0 spiro atoms. The Morgan fingerprint density at radius 2 is 1.87 bits per heavy atom. The van der Waals surface area contributed by atoms with Crippen LogP contribution in [0.15, 0.2) is 63.8 Å². The maximum Gasteiger partial charge on any atom is 0.193 e. The van der Waals surface area contributed by atoms with E-state index in [1.165, 1.54) is 38.4 Å². The largest absolute Gasteiger partial charge is 0.491 e. The van der Waals surface area contributed by atoms with Crippen molar-refractivity contribution in [3.63, 3.8) is 0 Å². The molecular weight excluding hydrogens is 392 g/mol. The summed E-state index contributed by atoms with van der Waals surface area (Å²) in [6, 6.07) is 16.2. The number of aliphatic hydroxyl groups is 1. The van der Waals surface area contributed by atoms with Crippen molar-refractivity contribution >= 4 is 11.0 Å². The molecule has 3 aromatic rings. The van der Waals surface area contributed by atoms with Crippen LogP contribution in [0.3, 0.4) is 0 Å². The lowest BCUT2D eigenvalue weighted by Gasteiger charge is -2.26. The Balaban J connectivity index is 1.31. The van der Waals surface area contributed by atoms with Gasteiger partial charge in [0.15, 0.2) is 5.43 Å². The lowest BCUT2D eigenvalue weighted by atomic mass is 10.1. The average Bonchev–Trinajstić information content (AvgIpc) is 2.81. The molecule has 2 heterocycles. The second-order valence-corrected chi connectivity index (χ2v) is 8.07. The summed E-state index contributed by atoms with van der Waals surface area (Å²) < 4.78 is 11.7. The molecule has 2 aromatic carbocycles. The molecule has 164 valence electrons. The summed E-state index contributed by atoms with van der Waals surface area (Å²) in [5.74, 6) is 1.08. The van der Waals surface area contributed by atoms with Crippen molar-refractivity contribution in [2.24, 2.45) is 0 Å². The Labute approximate surface area is 182 Å². The summed E-state index contributed by atoms with van der Waals surface area (Å²) in [4.78, 5) is 14.9. The van der Waals surface area contributed by atoms with E-state index in [4.69, 9.17) is 9.15 Å². The van der Waals surface area contributed by atoms with Gasteiger partial charge in [0.1, 0.15) is 29.8 Å². The van der Waals surface area contributed by atoms with Gasteiger partial charge in [-0.25, -0.2) is 0 Å². The van der Waals surface area contributed by atoms with Crippen molar-refractivity contribution in [2.45, 2.75) is 25.4 Å². The van der Waals surface area contributed by atoms with E-state index in [-0.39, 0.29) is 12.0 Å². The lowest BCUT2D eigenvalue weighted by Crippen LogP contribution is -2.39. The highest BCUT2D eigenvalue weighted by Gasteiger charge is 2.11. The predicted octanol–water partition coefficient (Wildman–Crippen LogP) is 3.28. The first-order chi connectivity index (χ1) is 15.2. The Bertz CT molecular complexity index is 1030. The molecule has 4 rings (SSSR count). The highest BCUT2D eigenvalue weighted by atomic mass is 16.5. The van der Waals surface area contributed by atoms with Crippen molar-refractivity contribution in [2.75, 3.05) is 39.3 Å². The standard InChI is InChI=1S/C25H30N2O4/c28-20(17-26-11-14-27-12-5-2-6-13-27)18-30-21-9-10-22-23(29)16-24(31-25(22)15-21)19-7-3-1-4-8-19/h1,3-4,7-10,15-16,20,26,28H,2,5-6,11-14,17-18H2. The monoisotopic (exact) mass is 422 g/mol. The molecule has 6 heteroatoms. The molecule has 1 fully saturated rings. The highest BCUT2D eigenvalue weighted by molar-refractivity contribution is 5.80. The van der Waals surface area contributed by atoms with E-state index in [2.05, 4.69) is 10.2 Å². The van der Waals surface area contributed by atoms with Gasteiger partial charge in [-0.2, -0.15) is 0 Å². The van der Waals surface area contributed by atoms with Crippen molar-refractivity contribution in [1.29, 1.82) is 0 Å². The van der Waals surface area contributed by atoms with Crippen LogP contribution in [-0.4, -0.2) is 55.4 Å². The van der Waals surface area contributed by atoms with Gasteiger partial charge in [0.25, 0.3) is 0 Å². The Morgan fingerprint density at radius 3 is 2.68 bits per heavy atom. The third kappa shape index (κ3) is 5.94. The van der Waals surface area contributed by atoms with E-state index in [1.54, 1.807) is 18.2 Å². The Hall–Kier alpha value is -2.67. The summed E-state index contributed by atoms with van der Waals surface area (Å²) in [5.41, 5.74) is 1.22. The van der Waals surface area contributed by atoms with Crippen molar-refractivity contribution in [3.05, 3.63) is 64.8 Å². The van der Waals surface area contributed by atoms with Crippen LogP contribution in [0.2, 0.25) is 0 Å². The number of fused-ring (bicyclic) bond motifs is 1. The van der Waals surface area contributed by atoms with Crippen LogP contribution in [-0.2, 0) is 0 Å². The van der Waals surface area contributed by atoms with Crippen LogP contribution in [0.1, 0.15) is 19.3 Å². The first kappa shape index (κ1) is 21.6. The SMILES string of the molecule is O=c1cc(-c2ccccc2)oc2cc(OCC(O)CNCCN3CCCCC3)ccc12. The zero-order chi connectivity index (χ0) is 21.5. The zero-order valence-corrected chi connectivity index (χ0v) is 17.8. The lowest BCUT2D eigenvalue weighted by molar-refractivity contribution is 0.105. The number of ether oxygens (including phenoxy) is 1. The number of rotatable bonds is 9. The molecule has 1 unspecified atom stereocenters. The minimum absolute atomic E-state index is 0.0930. The molecule has 6 nitrogen and oxygen atoms in total. The van der Waals surface area contributed by atoms with Gasteiger partial charge in [-0.3, -0.25) is 4.79 Å². The molecular formula is C25H30N2O4. The summed E-state index contributed by atoms with van der Waals surface area (Å²) in [7, 11) is 0. The van der Waals surface area contributed by atoms with Crippen molar-refractivity contribution in [1.82, 2.24) is 10.2 Å². The first-order valence-electron chi connectivity index (χ1n) is 11.1. The van der Waals surface area contributed by atoms with E-state index in [0.717, 1.165) is 18.7 Å². The summed E-state index contributed by atoms with van der Waals surface area (Å²) in [6.07, 6.45) is 3.30. The number of piperidine rings is 1. The van der Waals surface area contributed by atoms with Gasteiger partial charge in [-0.1, -0.05) is 36.8 Å². The predicted molar refractivity (Wildman–Crippen MR) is 123 cm³/mol. The maximum atomic E-state index is 12.5. The van der Waals surface area contributed by atoms with E-state index in [9.17, 15) is 9.90 Å².